The predicted octanol–water partition coefficient (Wildman–Crippen LogP) is 3.04. The van der Waals surface area contributed by atoms with Gasteiger partial charge in [0.25, 0.3) is 5.91 Å². The number of aliphatic hydroxyl groups excluding tert-OH is 1. The van der Waals surface area contributed by atoms with Crippen molar-refractivity contribution in [3.63, 3.8) is 0 Å². The van der Waals surface area contributed by atoms with Crippen molar-refractivity contribution in [1.82, 2.24) is 14.8 Å². The highest BCUT2D eigenvalue weighted by molar-refractivity contribution is 5.97. The fourth-order valence-corrected chi connectivity index (χ4v) is 3.53. The van der Waals surface area contributed by atoms with Gasteiger partial charge in [0.15, 0.2) is 0 Å². The Morgan fingerprint density at radius 3 is 2.77 bits per heavy atom. The Morgan fingerprint density at radius 1 is 1.40 bits per heavy atom. The molecule has 6 nitrogen and oxygen atoms in total. The molecule has 6 heteroatoms. The summed E-state index contributed by atoms with van der Waals surface area (Å²) >= 11 is 0. The molecule has 0 saturated heterocycles. The number of carbonyl (C=O) groups excluding carboxylic acids is 1. The lowest BCUT2D eigenvalue weighted by molar-refractivity contribution is 0.0331. The fraction of sp³-hybridized carbons (Fsp3) is 0.667. The number of aromatic nitrogens is 1. The largest absolute Gasteiger partial charge is 0.472 e. The molecular weight excluding hydrogens is 378 g/mol. The molecule has 1 N–H and O–H groups in total. The Hall–Kier alpha value is -2.10. The second-order valence-corrected chi connectivity index (χ2v) is 8.86. The number of likely N-dealkylation sites (N-methyl/N-ethyl adjacent to an activating group) is 1. The number of amides is 1. The third-order valence-corrected chi connectivity index (χ3v) is 5.36. The molecule has 30 heavy (non-hydrogen) atoms. The van der Waals surface area contributed by atoms with Crippen LogP contribution in [-0.4, -0.2) is 71.2 Å². The number of hydrogen-bond acceptors (Lipinski definition) is 5. The van der Waals surface area contributed by atoms with Gasteiger partial charge in [-0.3, -0.25) is 4.79 Å². The van der Waals surface area contributed by atoms with Crippen molar-refractivity contribution in [2.24, 2.45) is 11.8 Å². The minimum absolute atomic E-state index is 0.0869. The van der Waals surface area contributed by atoms with E-state index >= 15 is 0 Å². The molecule has 1 amide bonds. The van der Waals surface area contributed by atoms with Crippen molar-refractivity contribution in [2.75, 3.05) is 33.3 Å². The number of fused-ring (bicyclic) bond motifs is 1. The molecule has 0 spiro atoms. The van der Waals surface area contributed by atoms with E-state index in [1.54, 1.807) is 17.2 Å². The van der Waals surface area contributed by atoms with Crippen molar-refractivity contribution in [2.45, 2.75) is 59.6 Å². The SMILES string of the molecule is CCCN(C)C[C@H]1Oc2ncc(C#CCC(C)C)cc2C(=O)N([C@@H](C)CO)C[C@@H]1C. The van der Waals surface area contributed by atoms with Gasteiger partial charge in [-0.2, -0.15) is 0 Å². The Morgan fingerprint density at radius 2 is 2.13 bits per heavy atom. The second-order valence-electron chi connectivity index (χ2n) is 8.86. The average Bonchev–Trinajstić information content (AvgIpc) is 2.70. The summed E-state index contributed by atoms with van der Waals surface area (Å²) in [6, 6.07) is 1.49. The Bertz CT molecular complexity index is 769. The van der Waals surface area contributed by atoms with Gasteiger partial charge >= 0.3 is 0 Å². The van der Waals surface area contributed by atoms with Crippen LogP contribution in [0, 0.1) is 23.7 Å². The topological polar surface area (TPSA) is 65.9 Å². The highest BCUT2D eigenvalue weighted by atomic mass is 16.5. The summed E-state index contributed by atoms with van der Waals surface area (Å²) in [4.78, 5) is 21.8. The quantitative estimate of drug-likeness (QED) is 0.694. The highest BCUT2D eigenvalue weighted by Gasteiger charge is 2.34. The van der Waals surface area contributed by atoms with Crippen LogP contribution in [0.2, 0.25) is 0 Å². The van der Waals surface area contributed by atoms with Crippen LogP contribution < -0.4 is 4.74 Å². The summed E-state index contributed by atoms with van der Waals surface area (Å²) in [5.41, 5.74) is 1.12. The number of hydrogen-bond donors (Lipinski definition) is 1. The number of rotatable bonds is 7. The lowest BCUT2D eigenvalue weighted by Gasteiger charge is -2.37. The van der Waals surface area contributed by atoms with E-state index in [9.17, 15) is 9.90 Å². The third kappa shape index (κ3) is 6.45. The Kier molecular flexibility index (Phi) is 9.13. The summed E-state index contributed by atoms with van der Waals surface area (Å²) in [6.45, 7) is 12.5. The zero-order chi connectivity index (χ0) is 22.3. The maximum absolute atomic E-state index is 13.3. The molecule has 1 aliphatic rings. The van der Waals surface area contributed by atoms with Gasteiger partial charge in [-0.1, -0.05) is 39.5 Å². The van der Waals surface area contributed by atoms with Gasteiger partial charge in [-0.05, 0) is 38.9 Å². The van der Waals surface area contributed by atoms with Crippen LogP contribution in [0.4, 0.5) is 0 Å². The van der Waals surface area contributed by atoms with E-state index < -0.39 is 0 Å². The van der Waals surface area contributed by atoms with E-state index in [0.29, 0.717) is 29.5 Å². The van der Waals surface area contributed by atoms with E-state index in [0.717, 1.165) is 25.9 Å². The third-order valence-electron chi connectivity index (χ3n) is 5.36. The summed E-state index contributed by atoms with van der Waals surface area (Å²) < 4.78 is 6.29. The van der Waals surface area contributed by atoms with Gasteiger partial charge in [0.05, 0.1) is 12.6 Å². The normalized spacial score (nSPS) is 20.2. The Labute approximate surface area is 181 Å². The molecule has 0 unspecified atom stereocenters. The van der Waals surface area contributed by atoms with Gasteiger partial charge < -0.3 is 19.6 Å². The minimum Gasteiger partial charge on any atom is -0.472 e. The van der Waals surface area contributed by atoms with Crippen LogP contribution in [0.1, 0.15) is 63.4 Å². The van der Waals surface area contributed by atoms with E-state index in [2.05, 4.69) is 56.5 Å². The lowest BCUT2D eigenvalue weighted by Crippen LogP contribution is -2.50. The second kappa shape index (κ2) is 11.3. The van der Waals surface area contributed by atoms with Gasteiger partial charge in [0, 0.05) is 37.2 Å². The highest BCUT2D eigenvalue weighted by Crippen LogP contribution is 2.27. The van der Waals surface area contributed by atoms with Crippen molar-refractivity contribution < 1.29 is 14.6 Å². The lowest BCUT2D eigenvalue weighted by atomic mass is 10.00. The molecule has 1 aromatic rings. The van der Waals surface area contributed by atoms with Gasteiger partial charge in [-0.15, -0.1) is 0 Å². The standard InChI is InChI=1S/C24H37N3O3/c1-7-11-26(6)15-22-18(4)14-27(19(5)16-28)24(29)21-12-20(10-8-9-17(2)3)13-25-23(21)30-22/h12-13,17-19,22,28H,7,9,11,14-16H2,1-6H3/t18-,19-,22+/m0/s1. The molecule has 0 aromatic carbocycles. The van der Waals surface area contributed by atoms with E-state index in [-0.39, 0.29) is 30.6 Å². The zero-order valence-corrected chi connectivity index (χ0v) is 19.3. The number of ether oxygens (including phenoxy) is 1. The first kappa shape index (κ1) is 24.2. The molecular formula is C24H37N3O3. The zero-order valence-electron chi connectivity index (χ0n) is 19.3. The van der Waals surface area contributed by atoms with Gasteiger partial charge in [0.1, 0.15) is 11.7 Å². The first-order chi connectivity index (χ1) is 14.3. The van der Waals surface area contributed by atoms with Crippen LogP contribution >= 0.6 is 0 Å². The number of carbonyl (C=O) groups is 1. The van der Waals surface area contributed by atoms with Crippen molar-refractivity contribution in [3.8, 4) is 17.7 Å². The first-order valence-electron chi connectivity index (χ1n) is 11.0. The van der Waals surface area contributed by atoms with E-state index in [1.165, 1.54) is 0 Å². The van der Waals surface area contributed by atoms with Crippen LogP contribution in [0.3, 0.4) is 0 Å². The van der Waals surface area contributed by atoms with Crippen LogP contribution in [0.25, 0.3) is 0 Å². The molecule has 0 bridgehead atoms. The monoisotopic (exact) mass is 415 g/mol. The van der Waals surface area contributed by atoms with Gasteiger partial charge in [0.2, 0.25) is 5.88 Å². The number of aliphatic hydroxyl groups is 1. The summed E-state index contributed by atoms with van der Waals surface area (Å²) in [5, 5.41) is 9.73. The fourth-order valence-electron chi connectivity index (χ4n) is 3.53. The summed E-state index contributed by atoms with van der Waals surface area (Å²) in [6.07, 6.45) is 3.43. The molecule has 0 saturated carbocycles. The van der Waals surface area contributed by atoms with Crippen LogP contribution in [0.15, 0.2) is 12.3 Å². The molecule has 0 radical (unpaired) electrons. The van der Waals surface area contributed by atoms with Crippen molar-refractivity contribution in [1.29, 1.82) is 0 Å². The molecule has 166 valence electrons. The van der Waals surface area contributed by atoms with Gasteiger partial charge in [-0.25, -0.2) is 4.98 Å². The summed E-state index contributed by atoms with van der Waals surface area (Å²) in [7, 11) is 2.08. The minimum atomic E-state index is -0.282. The van der Waals surface area contributed by atoms with E-state index in [1.807, 2.05) is 6.92 Å². The maximum atomic E-state index is 13.3. The summed E-state index contributed by atoms with van der Waals surface area (Å²) in [5.74, 6) is 7.04. The molecule has 0 aliphatic carbocycles. The molecule has 0 fully saturated rings. The molecule has 1 aliphatic heterocycles. The van der Waals surface area contributed by atoms with Crippen LogP contribution in [0.5, 0.6) is 5.88 Å². The van der Waals surface area contributed by atoms with Crippen LogP contribution in [-0.2, 0) is 0 Å². The smallest absolute Gasteiger partial charge is 0.259 e. The average molecular weight is 416 g/mol. The van der Waals surface area contributed by atoms with E-state index in [4.69, 9.17) is 4.74 Å². The molecule has 2 heterocycles. The Balaban J connectivity index is 2.42. The number of pyridine rings is 1. The van der Waals surface area contributed by atoms with Crippen molar-refractivity contribution in [3.05, 3.63) is 23.4 Å². The first-order valence-corrected chi connectivity index (χ1v) is 11.0. The van der Waals surface area contributed by atoms with Crippen molar-refractivity contribution >= 4 is 5.91 Å². The molecule has 3 atom stereocenters. The predicted molar refractivity (Wildman–Crippen MR) is 120 cm³/mol. The number of nitrogens with zero attached hydrogens (tertiary/aromatic N) is 3. The molecule has 2 rings (SSSR count). The molecule has 1 aromatic heterocycles. The maximum Gasteiger partial charge on any atom is 0.259 e.